The quantitative estimate of drug-likeness (QED) is 0.641. The van der Waals surface area contributed by atoms with Gasteiger partial charge in [0.15, 0.2) is 0 Å². The van der Waals surface area contributed by atoms with Crippen LogP contribution in [0.5, 0.6) is 0 Å². The summed E-state index contributed by atoms with van der Waals surface area (Å²) < 4.78 is 45.1. The Morgan fingerprint density at radius 3 is 2.85 bits per heavy atom. The van der Waals surface area contributed by atoms with Crippen LogP contribution in [0.25, 0.3) is 22.0 Å². The van der Waals surface area contributed by atoms with Crippen molar-refractivity contribution in [2.45, 2.75) is 10.9 Å². The molecule has 1 aliphatic rings. The number of fused-ring (bicyclic) bond motifs is 2. The van der Waals surface area contributed by atoms with E-state index in [1.54, 1.807) is 24.4 Å². The summed E-state index contributed by atoms with van der Waals surface area (Å²) in [5, 5.41) is 3.34. The minimum atomic E-state index is -3.64. The number of hydrogen-bond donors (Lipinski definition) is 3. The molecule has 140 valence electrons. The number of ether oxygens (including phenoxy) is 1. The fraction of sp³-hybridized carbons (Fsp3) is 0.167. The molecule has 2 aromatic carbocycles. The largest absolute Gasteiger partial charge is 0.453 e. The summed E-state index contributed by atoms with van der Waals surface area (Å²) in [6.45, 7) is 0.0570. The van der Waals surface area contributed by atoms with Gasteiger partial charge in [-0.2, -0.15) is 0 Å². The van der Waals surface area contributed by atoms with E-state index in [0.29, 0.717) is 11.1 Å². The maximum absolute atomic E-state index is 13.4. The maximum atomic E-state index is 13.4. The molecule has 1 aliphatic heterocycles. The van der Waals surface area contributed by atoms with Gasteiger partial charge in [0.1, 0.15) is 5.82 Å². The molecule has 3 N–H and O–H groups in total. The Kier molecular flexibility index (Phi) is 4.12. The third kappa shape index (κ3) is 3.04. The summed E-state index contributed by atoms with van der Waals surface area (Å²) in [6.07, 6.45) is 1.11. The molecule has 0 fully saturated rings. The number of amides is 1. The van der Waals surface area contributed by atoms with E-state index < -0.39 is 22.2 Å². The first-order chi connectivity index (χ1) is 12.9. The molecule has 1 aromatic heterocycles. The summed E-state index contributed by atoms with van der Waals surface area (Å²) in [4.78, 5) is 14.5. The zero-order valence-electron chi connectivity index (χ0n) is 14.2. The molecule has 2 heterocycles. The highest BCUT2D eigenvalue weighted by Crippen LogP contribution is 2.36. The van der Waals surface area contributed by atoms with Gasteiger partial charge >= 0.3 is 6.09 Å². The molecule has 0 aliphatic carbocycles. The first kappa shape index (κ1) is 17.5. The number of benzene rings is 2. The van der Waals surface area contributed by atoms with Crippen LogP contribution >= 0.6 is 0 Å². The number of aromatic amines is 1. The second-order valence-electron chi connectivity index (χ2n) is 6.19. The number of alkyl carbamates (subject to hydrolysis) is 1. The second kappa shape index (κ2) is 6.36. The van der Waals surface area contributed by atoms with Gasteiger partial charge in [-0.05, 0) is 41.5 Å². The number of sulfonamides is 1. The summed E-state index contributed by atoms with van der Waals surface area (Å²) >= 11 is 0. The molecule has 7 nitrogen and oxygen atoms in total. The van der Waals surface area contributed by atoms with Crippen molar-refractivity contribution in [3.63, 3.8) is 0 Å². The van der Waals surface area contributed by atoms with Crippen LogP contribution in [0.1, 0.15) is 11.6 Å². The SMILES string of the molecule is COC(=O)NCC1NS(=O)(=O)c2ccc(-c3c[nH]c4cc(F)ccc34)cc21. The Labute approximate surface area is 154 Å². The van der Waals surface area contributed by atoms with Gasteiger partial charge < -0.3 is 15.0 Å². The Hall–Kier alpha value is -2.91. The van der Waals surface area contributed by atoms with Crippen molar-refractivity contribution in [2.24, 2.45) is 0 Å². The minimum Gasteiger partial charge on any atom is -0.453 e. The molecule has 1 atom stereocenters. The van der Waals surface area contributed by atoms with E-state index in [1.807, 2.05) is 0 Å². The van der Waals surface area contributed by atoms with Gasteiger partial charge in [-0.3, -0.25) is 0 Å². The van der Waals surface area contributed by atoms with E-state index >= 15 is 0 Å². The molecule has 1 amide bonds. The van der Waals surface area contributed by atoms with Crippen LogP contribution in [-0.2, 0) is 14.8 Å². The Balaban J connectivity index is 1.76. The smallest absolute Gasteiger partial charge is 0.406 e. The van der Waals surface area contributed by atoms with E-state index in [-0.39, 0.29) is 17.3 Å². The van der Waals surface area contributed by atoms with E-state index in [1.165, 1.54) is 25.3 Å². The Morgan fingerprint density at radius 2 is 2.07 bits per heavy atom. The van der Waals surface area contributed by atoms with Gasteiger partial charge in [-0.25, -0.2) is 22.3 Å². The number of hydrogen-bond acceptors (Lipinski definition) is 4. The van der Waals surface area contributed by atoms with E-state index in [9.17, 15) is 17.6 Å². The maximum Gasteiger partial charge on any atom is 0.406 e. The lowest BCUT2D eigenvalue weighted by atomic mass is 9.99. The molecule has 3 aromatic rings. The van der Waals surface area contributed by atoms with Crippen LogP contribution in [0.4, 0.5) is 9.18 Å². The second-order valence-corrected chi connectivity index (χ2v) is 7.87. The fourth-order valence-corrected chi connectivity index (χ4v) is 4.76. The van der Waals surface area contributed by atoms with E-state index in [0.717, 1.165) is 16.5 Å². The molecule has 0 saturated heterocycles. The van der Waals surface area contributed by atoms with Crippen LogP contribution in [0, 0.1) is 5.82 Å². The Bertz CT molecular complexity index is 1160. The number of methoxy groups -OCH3 is 1. The molecule has 9 heteroatoms. The highest BCUT2D eigenvalue weighted by atomic mass is 32.2. The molecular weight excluding hydrogens is 373 g/mol. The first-order valence-corrected chi connectivity index (χ1v) is 9.62. The van der Waals surface area contributed by atoms with Crippen LogP contribution in [0.15, 0.2) is 47.5 Å². The van der Waals surface area contributed by atoms with E-state index in [4.69, 9.17) is 0 Å². The average Bonchev–Trinajstić information content (AvgIpc) is 3.17. The average molecular weight is 389 g/mol. The minimum absolute atomic E-state index is 0.0570. The van der Waals surface area contributed by atoms with Gasteiger partial charge in [0.2, 0.25) is 10.0 Å². The van der Waals surface area contributed by atoms with Gasteiger partial charge in [0.25, 0.3) is 0 Å². The van der Waals surface area contributed by atoms with Crippen molar-refractivity contribution < 1.29 is 22.3 Å². The molecule has 0 bridgehead atoms. The molecule has 4 rings (SSSR count). The highest BCUT2D eigenvalue weighted by molar-refractivity contribution is 7.89. The van der Waals surface area contributed by atoms with Gasteiger partial charge in [0.05, 0.1) is 18.0 Å². The van der Waals surface area contributed by atoms with Crippen molar-refractivity contribution in [2.75, 3.05) is 13.7 Å². The van der Waals surface area contributed by atoms with Crippen molar-refractivity contribution in [3.8, 4) is 11.1 Å². The van der Waals surface area contributed by atoms with E-state index in [2.05, 4.69) is 19.8 Å². The van der Waals surface area contributed by atoms with Gasteiger partial charge in [-0.15, -0.1) is 0 Å². The monoisotopic (exact) mass is 389 g/mol. The fourth-order valence-electron chi connectivity index (χ4n) is 3.29. The van der Waals surface area contributed by atoms with Crippen molar-refractivity contribution in [3.05, 3.63) is 54.0 Å². The lowest BCUT2D eigenvalue weighted by Crippen LogP contribution is -2.33. The summed E-state index contributed by atoms with van der Waals surface area (Å²) in [7, 11) is -2.41. The van der Waals surface area contributed by atoms with Crippen molar-refractivity contribution in [1.82, 2.24) is 15.0 Å². The summed E-state index contributed by atoms with van der Waals surface area (Å²) in [6, 6.07) is 8.86. The summed E-state index contributed by atoms with van der Waals surface area (Å²) in [5.74, 6) is -0.339. The van der Waals surface area contributed by atoms with Crippen molar-refractivity contribution in [1.29, 1.82) is 0 Å². The molecule has 0 saturated carbocycles. The predicted molar refractivity (Wildman–Crippen MR) is 97.2 cm³/mol. The highest BCUT2D eigenvalue weighted by Gasteiger charge is 2.34. The third-order valence-electron chi connectivity index (χ3n) is 4.56. The van der Waals surface area contributed by atoms with Crippen LogP contribution in [-0.4, -0.2) is 33.1 Å². The first-order valence-electron chi connectivity index (χ1n) is 8.14. The number of rotatable bonds is 3. The van der Waals surface area contributed by atoms with Crippen LogP contribution < -0.4 is 10.0 Å². The number of H-pyrrole nitrogens is 1. The molecule has 0 radical (unpaired) electrons. The number of nitrogens with one attached hydrogen (secondary N) is 3. The standard InChI is InChI=1S/C18H16FN3O4S/c1-26-18(23)21-9-16-13-6-10(2-5-17(13)27(24,25)22-16)14-8-20-15-7-11(19)3-4-12(14)15/h2-8,16,20,22H,9H2,1H3,(H,21,23). The zero-order valence-corrected chi connectivity index (χ0v) is 15.1. The lowest BCUT2D eigenvalue weighted by Gasteiger charge is -2.12. The van der Waals surface area contributed by atoms with Crippen LogP contribution in [0.3, 0.4) is 0 Å². The zero-order chi connectivity index (χ0) is 19.2. The van der Waals surface area contributed by atoms with Crippen LogP contribution in [0.2, 0.25) is 0 Å². The van der Waals surface area contributed by atoms with Gasteiger partial charge in [0, 0.05) is 29.2 Å². The number of halogens is 1. The molecule has 1 unspecified atom stereocenters. The topological polar surface area (TPSA) is 100 Å². The predicted octanol–water partition coefficient (Wildman–Crippen LogP) is 2.66. The number of aromatic nitrogens is 1. The Morgan fingerprint density at radius 1 is 1.26 bits per heavy atom. The number of carbonyl (C=O) groups is 1. The van der Waals surface area contributed by atoms with Gasteiger partial charge in [-0.1, -0.05) is 6.07 Å². The normalized spacial score (nSPS) is 17.6. The number of carbonyl (C=O) groups excluding carboxylic acids is 1. The lowest BCUT2D eigenvalue weighted by molar-refractivity contribution is 0.170. The summed E-state index contributed by atoms with van der Waals surface area (Å²) in [5.41, 5.74) is 2.82. The molecular formula is C18H16FN3O4S. The molecule has 27 heavy (non-hydrogen) atoms. The molecule has 0 spiro atoms. The third-order valence-corrected chi connectivity index (χ3v) is 6.11. The van der Waals surface area contributed by atoms with Crippen molar-refractivity contribution >= 4 is 27.0 Å².